The molecule has 2 aromatic heterocycles. The van der Waals surface area contributed by atoms with Crippen LogP contribution in [-0.4, -0.2) is 52.2 Å². The number of amides is 1. The van der Waals surface area contributed by atoms with Gasteiger partial charge in [0, 0.05) is 51.4 Å². The van der Waals surface area contributed by atoms with E-state index in [1.54, 1.807) is 19.1 Å². The van der Waals surface area contributed by atoms with Crippen LogP contribution in [0.5, 0.6) is 0 Å². The van der Waals surface area contributed by atoms with Crippen LogP contribution in [0, 0.1) is 5.82 Å². The van der Waals surface area contributed by atoms with Gasteiger partial charge in [0.2, 0.25) is 0 Å². The van der Waals surface area contributed by atoms with Gasteiger partial charge in [-0.2, -0.15) is 0 Å². The molecule has 0 unspecified atom stereocenters. The highest BCUT2D eigenvalue weighted by Crippen LogP contribution is 2.32. The molecule has 7 heteroatoms. The molecule has 0 N–H and O–H groups in total. The van der Waals surface area contributed by atoms with Crippen LogP contribution < -0.4 is 0 Å². The first-order chi connectivity index (χ1) is 18.5. The van der Waals surface area contributed by atoms with Crippen molar-refractivity contribution in [2.45, 2.75) is 19.5 Å². The van der Waals surface area contributed by atoms with Crippen molar-refractivity contribution in [3.63, 3.8) is 0 Å². The second-order valence-electron chi connectivity index (χ2n) is 9.46. The number of imidazole rings is 1. The fourth-order valence-corrected chi connectivity index (χ4v) is 4.75. The fourth-order valence-electron chi connectivity index (χ4n) is 4.75. The molecular formula is C31H31FN4O2. The summed E-state index contributed by atoms with van der Waals surface area (Å²) in [5.41, 5.74) is 4.66. The topological polar surface area (TPSA) is 52.3 Å². The first-order valence-corrected chi connectivity index (χ1v) is 12.7. The molecule has 3 aromatic carbocycles. The summed E-state index contributed by atoms with van der Waals surface area (Å²) in [5.74, 6) is -0.279. The second-order valence-corrected chi connectivity index (χ2v) is 9.46. The van der Waals surface area contributed by atoms with Gasteiger partial charge in [-0.15, -0.1) is 0 Å². The standard InChI is InChI=1S/C31H31FN4O2/c1-34(16-17-38-2)31(37)30-21-35(20-29(30)28-9-5-7-24-6-3-4-8-27(24)28)19-26-18-33-22-36(26)15-14-23-10-12-25(32)13-11-23/h3-13,18,20-22H,14-17,19H2,1-2H3. The van der Waals surface area contributed by atoms with Gasteiger partial charge in [-0.3, -0.25) is 4.79 Å². The largest absolute Gasteiger partial charge is 0.383 e. The molecule has 0 saturated carbocycles. The number of halogens is 1. The lowest BCUT2D eigenvalue weighted by atomic mass is 9.97. The number of aromatic nitrogens is 3. The highest BCUT2D eigenvalue weighted by molar-refractivity contribution is 6.05. The highest BCUT2D eigenvalue weighted by Gasteiger charge is 2.21. The van der Waals surface area contributed by atoms with Crippen LogP contribution in [0.25, 0.3) is 21.9 Å². The molecule has 0 aliphatic rings. The van der Waals surface area contributed by atoms with Crippen molar-refractivity contribution in [1.82, 2.24) is 19.0 Å². The molecule has 0 saturated heterocycles. The smallest absolute Gasteiger partial charge is 0.255 e. The number of nitrogens with zero attached hydrogens (tertiary/aromatic N) is 4. The number of fused-ring (bicyclic) bond motifs is 1. The minimum atomic E-state index is -0.232. The predicted octanol–water partition coefficient (Wildman–Crippen LogP) is 5.65. The molecule has 0 fully saturated rings. The summed E-state index contributed by atoms with van der Waals surface area (Å²) in [6.45, 7) is 2.27. The summed E-state index contributed by atoms with van der Waals surface area (Å²) in [5, 5.41) is 2.23. The molecule has 194 valence electrons. The van der Waals surface area contributed by atoms with E-state index >= 15 is 0 Å². The van der Waals surface area contributed by atoms with E-state index in [1.165, 1.54) is 12.1 Å². The van der Waals surface area contributed by atoms with Gasteiger partial charge in [0.05, 0.1) is 30.7 Å². The second kappa shape index (κ2) is 11.4. The maximum atomic E-state index is 13.6. The number of methoxy groups -OCH3 is 1. The number of benzene rings is 3. The Morgan fingerprint density at radius 2 is 1.79 bits per heavy atom. The Labute approximate surface area is 221 Å². The van der Waals surface area contributed by atoms with Crippen LogP contribution in [0.3, 0.4) is 0 Å². The Bertz CT molecular complexity index is 1530. The molecule has 0 bridgehead atoms. The minimum Gasteiger partial charge on any atom is -0.383 e. The molecule has 0 aliphatic carbocycles. The summed E-state index contributed by atoms with van der Waals surface area (Å²) in [4.78, 5) is 19.6. The van der Waals surface area contributed by atoms with Crippen LogP contribution >= 0.6 is 0 Å². The number of carbonyl (C=O) groups excluding carboxylic acids is 1. The first-order valence-electron chi connectivity index (χ1n) is 12.7. The van der Waals surface area contributed by atoms with Crippen LogP contribution in [0.2, 0.25) is 0 Å². The first kappa shape index (κ1) is 25.4. The Morgan fingerprint density at radius 1 is 1.00 bits per heavy atom. The van der Waals surface area contributed by atoms with Crippen molar-refractivity contribution >= 4 is 16.7 Å². The van der Waals surface area contributed by atoms with Crippen LogP contribution in [-0.2, 0) is 24.2 Å². The molecule has 0 aliphatic heterocycles. The summed E-state index contributed by atoms with van der Waals surface area (Å²) in [7, 11) is 3.44. The minimum absolute atomic E-state index is 0.0476. The van der Waals surface area contributed by atoms with Crippen LogP contribution in [0.1, 0.15) is 21.6 Å². The van der Waals surface area contributed by atoms with E-state index in [-0.39, 0.29) is 11.7 Å². The van der Waals surface area contributed by atoms with Gasteiger partial charge in [-0.05, 0) is 40.5 Å². The number of hydrogen-bond acceptors (Lipinski definition) is 3. The maximum Gasteiger partial charge on any atom is 0.255 e. The SMILES string of the molecule is COCCN(C)C(=O)c1cn(Cc2cncn2CCc2ccc(F)cc2)cc1-c1cccc2ccccc12. The number of carbonyl (C=O) groups is 1. The van der Waals surface area contributed by atoms with Gasteiger partial charge in [0.1, 0.15) is 5.82 Å². The molecule has 0 spiro atoms. The van der Waals surface area contributed by atoms with Crippen molar-refractivity contribution in [3.8, 4) is 11.1 Å². The fraction of sp³-hybridized carbons (Fsp3) is 0.226. The molecule has 38 heavy (non-hydrogen) atoms. The lowest BCUT2D eigenvalue weighted by molar-refractivity contribution is 0.0745. The van der Waals surface area contributed by atoms with Crippen molar-refractivity contribution in [2.24, 2.45) is 0 Å². The zero-order valence-corrected chi connectivity index (χ0v) is 21.7. The van der Waals surface area contributed by atoms with E-state index in [1.807, 2.05) is 49.1 Å². The van der Waals surface area contributed by atoms with Crippen LogP contribution in [0.15, 0.2) is 91.6 Å². The third-order valence-electron chi connectivity index (χ3n) is 6.87. The molecule has 1 amide bonds. The van der Waals surface area contributed by atoms with Crippen LogP contribution in [0.4, 0.5) is 4.39 Å². The zero-order chi connectivity index (χ0) is 26.5. The number of likely N-dealkylation sites (N-methyl/N-ethyl adjacent to an activating group) is 1. The Balaban J connectivity index is 1.46. The van der Waals surface area contributed by atoms with Crippen molar-refractivity contribution in [2.75, 3.05) is 27.3 Å². The zero-order valence-electron chi connectivity index (χ0n) is 21.7. The third kappa shape index (κ3) is 5.53. The maximum absolute atomic E-state index is 13.6. The predicted molar refractivity (Wildman–Crippen MR) is 148 cm³/mol. The molecular weight excluding hydrogens is 479 g/mol. The molecule has 6 nitrogen and oxygen atoms in total. The van der Waals surface area contributed by atoms with E-state index in [2.05, 4.69) is 44.6 Å². The average molecular weight is 511 g/mol. The highest BCUT2D eigenvalue weighted by atomic mass is 19.1. The third-order valence-corrected chi connectivity index (χ3v) is 6.87. The molecule has 5 aromatic rings. The Kier molecular flexibility index (Phi) is 7.65. The van der Waals surface area contributed by atoms with Crippen molar-refractivity contribution in [3.05, 3.63) is 114 Å². The van der Waals surface area contributed by atoms with Crippen molar-refractivity contribution in [1.29, 1.82) is 0 Å². The van der Waals surface area contributed by atoms with Crippen molar-refractivity contribution < 1.29 is 13.9 Å². The van der Waals surface area contributed by atoms with Gasteiger partial charge in [-0.1, -0.05) is 54.6 Å². The van der Waals surface area contributed by atoms with E-state index in [9.17, 15) is 9.18 Å². The molecule has 5 rings (SSSR count). The number of hydrogen-bond donors (Lipinski definition) is 0. The number of rotatable bonds is 10. The summed E-state index contributed by atoms with van der Waals surface area (Å²) >= 11 is 0. The number of ether oxygens (including phenoxy) is 1. The van der Waals surface area contributed by atoms with Gasteiger partial charge in [-0.25, -0.2) is 9.37 Å². The summed E-state index contributed by atoms with van der Waals surface area (Å²) < 4.78 is 22.6. The molecule has 0 atom stereocenters. The normalized spacial score (nSPS) is 11.2. The monoisotopic (exact) mass is 510 g/mol. The Morgan fingerprint density at radius 3 is 2.61 bits per heavy atom. The van der Waals surface area contributed by atoms with Gasteiger partial charge in [0.15, 0.2) is 0 Å². The molecule has 0 radical (unpaired) electrons. The van der Waals surface area contributed by atoms with Gasteiger partial charge >= 0.3 is 0 Å². The van der Waals surface area contributed by atoms with E-state index in [0.717, 1.165) is 46.1 Å². The van der Waals surface area contributed by atoms with E-state index in [0.29, 0.717) is 25.3 Å². The quantitative estimate of drug-likeness (QED) is 0.244. The number of aryl methyl sites for hydroxylation is 2. The average Bonchev–Trinajstić information content (AvgIpc) is 3.57. The van der Waals surface area contributed by atoms with E-state index in [4.69, 9.17) is 4.74 Å². The van der Waals surface area contributed by atoms with Gasteiger partial charge in [0.25, 0.3) is 5.91 Å². The van der Waals surface area contributed by atoms with E-state index < -0.39 is 0 Å². The summed E-state index contributed by atoms with van der Waals surface area (Å²) in [6, 6.07) is 21.0. The Hall–Kier alpha value is -4.23. The lowest BCUT2D eigenvalue weighted by Gasteiger charge is -2.17. The van der Waals surface area contributed by atoms with Gasteiger partial charge < -0.3 is 18.8 Å². The summed E-state index contributed by atoms with van der Waals surface area (Å²) in [6.07, 6.45) is 8.42. The lowest BCUT2D eigenvalue weighted by Crippen LogP contribution is -2.30. The molecule has 2 heterocycles.